The monoisotopic (exact) mass is 152 g/mol. The third kappa shape index (κ3) is 1.50. The smallest absolute Gasteiger partial charge is 0.0223 e. The molecule has 0 aromatic heterocycles. The fraction of sp³-hybridized carbons (Fsp3) is 0.818. The molecule has 0 heterocycles. The molecule has 0 radical (unpaired) electrons. The average molecular weight is 152 g/mol. The molecule has 1 rings (SSSR count). The molecule has 0 nitrogen and oxygen atoms in total. The van der Waals surface area contributed by atoms with Gasteiger partial charge in [0, 0.05) is 0 Å². The zero-order valence-electron chi connectivity index (χ0n) is 8.28. The highest BCUT2D eigenvalue weighted by molar-refractivity contribution is 5.24. The van der Waals surface area contributed by atoms with Crippen LogP contribution in [-0.4, -0.2) is 0 Å². The summed E-state index contributed by atoms with van der Waals surface area (Å²) in [6.07, 6.45) is 3.94. The summed E-state index contributed by atoms with van der Waals surface area (Å²) in [4.78, 5) is 0. The van der Waals surface area contributed by atoms with Gasteiger partial charge in [0.25, 0.3) is 0 Å². The van der Waals surface area contributed by atoms with Crippen LogP contribution in [-0.2, 0) is 0 Å². The van der Waals surface area contributed by atoms with Crippen LogP contribution in [0.25, 0.3) is 0 Å². The van der Waals surface area contributed by atoms with Gasteiger partial charge in [-0.2, -0.15) is 0 Å². The van der Waals surface area contributed by atoms with Crippen LogP contribution >= 0.6 is 0 Å². The number of hydrogen-bond donors (Lipinski definition) is 0. The van der Waals surface area contributed by atoms with E-state index in [9.17, 15) is 0 Å². The summed E-state index contributed by atoms with van der Waals surface area (Å²) in [5, 5.41) is 0. The lowest BCUT2D eigenvalue weighted by Crippen LogP contribution is -1.92. The molecule has 0 aromatic carbocycles. The van der Waals surface area contributed by atoms with Gasteiger partial charge in [-0.25, -0.2) is 0 Å². The van der Waals surface area contributed by atoms with Crippen molar-refractivity contribution in [1.82, 2.24) is 0 Å². The first-order valence-electron chi connectivity index (χ1n) is 4.92. The molecule has 64 valence electrons. The highest BCUT2D eigenvalue weighted by atomic mass is 14.3. The van der Waals surface area contributed by atoms with Gasteiger partial charge in [-0.1, -0.05) is 38.8 Å². The van der Waals surface area contributed by atoms with Gasteiger partial charge in [-0.15, -0.1) is 0 Å². The molecule has 2 atom stereocenters. The molecule has 1 aliphatic carbocycles. The topological polar surface area (TPSA) is 0 Å². The van der Waals surface area contributed by atoms with E-state index < -0.39 is 0 Å². The third-order valence-electron chi connectivity index (χ3n) is 3.07. The summed E-state index contributed by atoms with van der Waals surface area (Å²) in [6.45, 7) is 9.33. The van der Waals surface area contributed by atoms with E-state index in [0.717, 1.165) is 11.8 Å². The van der Waals surface area contributed by atoms with Gasteiger partial charge in [0.15, 0.2) is 0 Å². The third-order valence-corrected chi connectivity index (χ3v) is 3.07. The lowest BCUT2D eigenvalue weighted by molar-refractivity contribution is 0.557. The molecule has 0 amide bonds. The number of rotatable bonds is 2. The van der Waals surface area contributed by atoms with Crippen LogP contribution in [0.1, 0.15) is 47.0 Å². The molecule has 11 heavy (non-hydrogen) atoms. The SMILES string of the molecule is CCC1=C(CC)C(C)CC1C. The van der Waals surface area contributed by atoms with Crippen LogP contribution in [0.2, 0.25) is 0 Å². The van der Waals surface area contributed by atoms with Crippen LogP contribution < -0.4 is 0 Å². The Bertz CT molecular complexity index is 147. The minimum Gasteiger partial charge on any atom is -0.0682 e. The summed E-state index contributed by atoms with van der Waals surface area (Å²) in [5.41, 5.74) is 3.50. The minimum atomic E-state index is 0.866. The minimum absolute atomic E-state index is 0.866. The maximum Gasteiger partial charge on any atom is -0.0223 e. The Morgan fingerprint density at radius 3 is 1.64 bits per heavy atom. The Balaban J connectivity index is 2.83. The zero-order valence-corrected chi connectivity index (χ0v) is 8.28. The second kappa shape index (κ2) is 3.42. The van der Waals surface area contributed by atoms with Crippen LogP contribution in [0.3, 0.4) is 0 Å². The highest BCUT2D eigenvalue weighted by Gasteiger charge is 2.24. The van der Waals surface area contributed by atoms with Crippen molar-refractivity contribution in [3.8, 4) is 0 Å². The van der Waals surface area contributed by atoms with E-state index in [2.05, 4.69) is 27.7 Å². The fourth-order valence-electron chi connectivity index (χ4n) is 2.60. The van der Waals surface area contributed by atoms with E-state index >= 15 is 0 Å². The van der Waals surface area contributed by atoms with Crippen molar-refractivity contribution in [1.29, 1.82) is 0 Å². The standard InChI is InChI=1S/C11H20/c1-5-10-8(3)7-9(4)11(10)6-2/h8-9H,5-7H2,1-4H3. The Kier molecular flexibility index (Phi) is 2.75. The first-order valence-corrected chi connectivity index (χ1v) is 4.92. The summed E-state index contributed by atoms with van der Waals surface area (Å²) >= 11 is 0. The van der Waals surface area contributed by atoms with E-state index in [1.54, 1.807) is 11.1 Å². The van der Waals surface area contributed by atoms with Crippen molar-refractivity contribution in [3.63, 3.8) is 0 Å². The van der Waals surface area contributed by atoms with E-state index in [1.807, 2.05) is 0 Å². The molecule has 0 N–H and O–H groups in total. The summed E-state index contributed by atoms with van der Waals surface area (Å²) < 4.78 is 0. The van der Waals surface area contributed by atoms with Gasteiger partial charge in [0.05, 0.1) is 0 Å². The Hall–Kier alpha value is -0.260. The highest BCUT2D eigenvalue weighted by Crippen LogP contribution is 2.39. The lowest BCUT2D eigenvalue weighted by atomic mass is 9.99. The molecule has 0 aromatic rings. The Labute approximate surface area is 70.7 Å². The van der Waals surface area contributed by atoms with Crippen molar-refractivity contribution in [3.05, 3.63) is 11.1 Å². The summed E-state index contributed by atoms with van der Waals surface area (Å²) in [6, 6.07) is 0. The number of allylic oxidation sites excluding steroid dienone is 2. The molecule has 0 aliphatic heterocycles. The van der Waals surface area contributed by atoms with Crippen LogP contribution in [0.5, 0.6) is 0 Å². The molecule has 0 fully saturated rings. The number of hydrogen-bond acceptors (Lipinski definition) is 0. The van der Waals surface area contributed by atoms with E-state index in [1.165, 1.54) is 19.3 Å². The molecule has 1 aliphatic rings. The van der Waals surface area contributed by atoms with Gasteiger partial charge in [-0.05, 0) is 31.1 Å². The molecule has 0 spiro atoms. The zero-order chi connectivity index (χ0) is 8.43. The summed E-state index contributed by atoms with van der Waals surface area (Å²) in [7, 11) is 0. The predicted molar refractivity (Wildman–Crippen MR) is 50.6 cm³/mol. The Morgan fingerprint density at radius 2 is 1.36 bits per heavy atom. The first-order chi connectivity index (χ1) is 5.20. The maximum absolute atomic E-state index is 2.37. The van der Waals surface area contributed by atoms with Gasteiger partial charge < -0.3 is 0 Å². The second-order valence-electron chi connectivity index (χ2n) is 3.80. The van der Waals surface area contributed by atoms with Crippen molar-refractivity contribution >= 4 is 0 Å². The molecule has 0 bridgehead atoms. The molecular formula is C11H20. The van der Waals surface area contributed by atoms with Gasteiger partial charge in [0.1, 0.15) is 0 Å². The normalized spacial score (nSPS) is 31.6. The summed E-state index contributed by atoms with van der Waals surface area (Å²) in [5.74, 6) is 1.73. The van der Waals surface area contributed by atoms with E-state index in [4.69, 9.17) is 0 Å². The molecule has 0 saturated carbocycles. The maximum atomic E-state index is 2.37. The fourth-order valence-corrected chi connectivity index (χ4v) is 2.60. The Morgan fingerprint density at radius 1 is 1.00 bits per heavy atom. The predicted octanol–water partition coefficient (Wildman–Crippen LogP) is 3.78. The van der Waals surface area contributed by atoms with E-state index in [0.29, 0.717) is 0 Å². The van der Waals surface area contributed by atoms with Crippen molar-refractivity contribution in [2.45, 2.75) is 47.0 Å². The van der Waals surface area contributed by atoms with Gasteiger partial charge in [0.2, 0.25) is 0 Å². The first kappa shape index (κ1) is 8.83. The van der Waals surface area contributed by atoms with Crippen molar-refractivity contribution in [2.24, 2.45) is 11.8 Å². The van der Waals surface area contributed by atoms with Crippen LogP contribution in [0.15, 0.2) is 11.1 Å². The van der Waals surface area contributed by atoms with Crippen molar-refractivity contribution in [2.75, 3.05) is 0 Å². The molecule has 0 heteroatoms. The average Bonchev–Trinajstić information content (AvgIpc) is 2.24. The van der Waals surface area contributed by atoms with Gasteiger partial charge >= 0.3 is 0 Å². The van der Waals surface area contributed by atoms with Gasteiger partial charge in [-0.3, -0.25) is 0 Å². The quantitative estimate of drug-likeness (QED) is 0.528. The largest absolute Gasteiger partial charge is 0.0682 e. The second-order valence-corrected chi connectivity index (χ2v) is 3.80. The molecule has 2 unspecified atom stereocenters. The van der Waals surface area contributed by atoms with Crippen molar-refractivity contribution < 1.29 is 0 Å². The lowest BCUT2D eigenvalue weighted by Gasteiger charge is -2.07. The molecular weight excluding hydrogens is 132 g/mol. The van der Waals surface area contributed by atoms with Crippen LogP contribution in [0.4, 0.5) is 0 Å². The molecule has 0 saturated heterocycles. The van der Waals surface area contributed by atoms with Crippen LogP contribution in [0, 0.1) is 11.8 Å². The van der Waals surface area contributed by atoms with E-state index in [-0.39, 0.29) is 0 Å².